The molecule has 2 aromatic heterocycles. The van der Waals surface area contributed by atoms with Crippen LogP contribution in [0.3, 0.4) is 0 Å². The molecule has 0 saturated carbocycles. The largest absolute Gasteiger partial charge is 0.315 e. The van der Waals surface area contributed by atoms with Gasteiger partial charge in [0.05, 0.1) is 21.5 Å². The Bertz CT molecular complexity index is 1120. The lowest BCUT2D eigenvalue weighted by molar-refractivity contribution is 0.423. The first kappa shape index (κ1) is 20.2. The van der Waals surface area contributed by atoms with Crippen molar-refractivity contribution in [3.05, 3.63) is 53.5 Å². The maximum atomic E-state index is 12.9. The van der Waals surface area contributed by atoms with Crippen LogP contribution >= 0.6 is 0 Å². The topological polar surface area (TPSA) is 90.2 Å². The van der Waals surface area contributed by atoms with Gasteiger partial charge in [-0.1, -0.05) is 33.6 Å². The molecule has 28 heavy (non-hydrogen) atoms. The number of likely N-dealkylation sites (N-methyl/N-ethyl adjacent to an activating group) is 1. The molecule has 7 nitrogen and oxygen atoms in total. The van der Waals surface area contributed by atoms with Gasteiger partial charge in [-0.15, -0.1) is 0 Å². The smallest absolute Gasteiger partial charge is 0.261 e. The van der Waals surface area contributed by atoms with Crippen LogP contribution < -0.4 is 27.6 Å². The lowest BCUT2D eigenvalue weighted by Gasteiger charge is -2.14. The maximum Gasteiger partial charge on any atom is 0.261 e. The normalized spacial score (nSPS) is 13.0. The van der Waals surface area contributed by atoms with Crippen LogP contribution in [-0.2, 0) is 6.54 Å². The van der Waals surface area contributed by atoms with Crippen molar-refractivity contribution in [3.63, 3.8) is 0 Å². The summed E-state index contributed by atoms with van der Waals surface area (Å²) >= 11 is 0. The molecule has 1 aromatic carbocycles. The minimum Gasteiger partial charge on any atom is -0.315 e. The van der Waals surface area contributed by atoms with Crippen LogP contribution in [0.25, 0.3) is 21.5 Å². The molecule has 1 N–H and O–H groups in total. The maximum absolute atomic E-state index is 12.9. The molecule has 0 fully saturated rings. The predicted molar refractivity (Wildman–Crippen MR) is 112 cm³/mol. The van der Waals surface area contributed by atoms with E-state index in [0.717, 1.165) is 25.8 Å². The molecular formula is C21H27N3O4. The van der Waals surface area contributed by atoms with Crippen molar-refractivity contribution in [1.82, 2.24) is 14.5 Å². The Labute approximate surface area is 162 Å². The predicted octanol–water partition coefficient (Wildman–Crippen LogP) is 1.66. The van der Waals surface area contributed by atoms with E-state index in [9.17, 15) is 19.2 Å². The zero-order chi connectivity index (χ0) is 20.4. The van der Waals surface area contributed by atoms with Crippen molar-refractivity contribution >= 4 is 21.5 Å². The minimum atomic E-state index is -0.405. The van der Waals surface area contributed by atoms with E-state index in [1.165, 1.54) is 21.3 Å². The fourth-order valence-corrected chi connectivity index (χ4v) is 3.90. The zero-order valence-electron chi connectivity index (χ0n) is 16.7. The van der Waals surface area contributed by atoms with Gasteiger partial charge in [-0.3, -0.25) is 28.3 Å². The molecule has 0 aliphatic rings. The highest BCUT2D eigenvalue weighted by Crippen LogP contribution is 2.20. The van der Waals surface area contributed by atoms with Gasteiger partial charge in [0, 0.05) is 19.1 Å². The molecule has 0 amide bonds. The molecule has 7 heteroatoms. The second-order valence-electron chi connectivity index (χ2n) is 7.24. The standard InChI is InChI=1S/C21H27N3O4/c1-4-7-8-13(5-2)24-20(27)16-11-14-15(12-17(16)21(24)28)19(26)23(18(14)25)10-9-22-6-3/h11-13,22H,4-10H2,1-3H3. The summed E-state index contributed by atoms with van der Waals surface area (Å²) in [6.07, 6.45) is 3.36. The highest BCUT2D eigenvalue weighted by molar-refractivity contribution is 5.97. The Balaban J connectivity index is 2.20. The summed E-state index contributed by atoms with van der Waals surface area (Å²) in [4.78, 5) is 51.2. The number of hydrogen-bond donors (Lipinski definition) is 1. The van der Waals surface area contributed by atoms with Gasteiger partial charge in [0.25, 0.3) is 22.2 Å². The first-order valence-corrected chi connectivity index (χ1v) is 10.1. The number of rotatable bonds is 9. The average molecular weight is 385 g/mol. The lowest BCUT2D eigenvalue weighted by atomic mass is 10.1. The number of aromatic nitrogens is 2. The fraction of sp³-hybridized carbons (Fsp3) is 0.524. The highest BCUT2D eigenvalue weighted by Gasteiger charge is 2.22. The zero-order valence-corrected chi connectivity index (χ0v) is 16.7. The molecule has 0 radical (unpaired) electrons. The van der Waals surface area contributed by atoms with Gasteiger partial charge in [-0.2, -0.15) is 0 Å². The fourth-order valence-electron chi connectivity index (χ4n) is 3.90. The van der Waals surface area contributed by atoms with Gasteiger partial charge < -0.3 is 5.32 Å². The van der Waals surface area contributed by atoms with E-state index in [1.807, 2.05) is 13.8 Å². The number of unbranched alkanes of at least 4 members (excludes halogenated alkanes) is 1. The second-order valence-corrected chi connectivity index (χ2v) is 7.24. The summed E-state index contributed by atoms with van der Waals surface area (Å²) in [5.41, 5.74) is -1.54. The van der Waals surface area contributed by atoms with Crippen LogP contribution in [0.1, 0.15) is 52.5 Å². The second kappa shape index (κ2) is 8.22. The Morgan fingerprint density at radius 1 is 0.857 bits per heavy atom. The van der Waals surface area contributed by atoms with Crippen LogP contribution in [0.5, 0.6) is 0 Å². The van der Waals surface area contributed by atoms with Gasteiger partial charge in [0.1, 0.15) is 0 Å². The Morgan fingerprint density at radius 3 is 1.86 bits per heavy atom. The molecule has 0 bridgehead atoms. The van der Waals surface area contributed by atoms with Crippen LogP contribution in [0.4, 0.5) is 0 Å². The third-order valence-corrected chi connectivity index (χ3v) is 5.50. The molecule has 0 saturated heterocycles. The van der Waals surface area contributed by atoms with E-state index in [4.69, 9.17) is 0 Å². The monoisotopic (exact) mass is 385 g/mol. The Hall–Kier alpha value is -2.54. The molecule has 1 atom stereocenters. The van der Waals surface area contributed by atoms with Gasteiger partial charge in [0.2, 0.25) is 0 Å². The first-order chi connectivity index (χ1) is 13.5. The van der Waals surface area contributed by atoms with E-state index < -0.39 is 11.1 Å². The van der Waals surface area contributed by atoms with Crippen molar-refractivity contribution < 1.29 is 0 Å². The van der Waals surface area contributed by atoms with Gasteiger partial charge in [-0.25, -0.2) is 0 Å². The molecule has 150 valence electrons. The number of hydrogen-bond acceptors (Lipinski definition) is 5. The van der Waals surface area contributed by atoms with Crippen molar-refractivity contribution in [3.8, 4) is 0 Å². The Morgan fingerprint density at radius 2 is 1.39 bits per heavy atom. The highest BCUT2D eigenvalue weighted by atomic mass is 16.2. The van der Waals surface area contributed by atoms with Crippen LogP contribution in [-0.4, -0.2) is 22.2 Å². The molecule has 3 aromatic rings. The van der Waals surface area contributed by atoms with E-state index in [1.54, 1.807) is 0 Å². The minimum absolute atomic E-state index is 0.162. The van der Waals surface area contributed by atoms with E-state index in [-0.39, 0.29) is 45.3 Å². The van der Waals surface area contributed by atoms with Crippen molar-refractivity contribution in [2.24, 2.45) is 0 Å². The van der Waals surface area contributed by atoms with Crippen molar-refractivity contribution in [2.45, 2.75) is 59.0 Å². The molecule has 2 heterocycles. The summed E-state index contributed by atoms with van der Waals surface area (Å²) in [6.45, 7) is 7.47. The molecule has 0 aliphatic heterocycles. The SMILES string of the molecule is CCCCC(CC)n1c(=O)c2cc3c(=O)n(CCNCC)c(=O)c3cc2c1=O. The average Bonchev–Trinajstić information content (AvgIpc) is 3.07. The molecular weight excluding hydrogens is 358 g/mol. The molecule has 0 spiro atoms. The number of nitrogens with zero attached hydrogens (tertiary/aromatic N) is 2. The van der Waals surface area contributed by atoms with Gasteiger partial charge in [-0.05, 0) is 31.5 Å². The third kappa shape index (κ3) is 3.24. The summed E-state index contributed by atoms with van der Waals surface area (Å²) in [6, 6.07) is 2.71. The molecule has 0 aliphatic carbocycles. The van der Waals surface area contributed by atoms with Crippen molar-refractivity contribution in [1.29, 1.82) is 0 Å². The van der Waals surface area contributed by atoms with Gasteiger partial charge >= 0.3 is 0 Å². The van der Waals surface area contributed by atoms with E-state index >= 15 is 0 Å². The summed E-state index contributed by atoms with van der Waals surface area (Å²) in [7, 11) is 0. The van der Waals surface area contributed by atoms with Crippen LogP contribution in [0.2, 0.25) is 0 Å². The lowest BCUT2D eigenvalue weighted by Crippen LogP contribution is -2.31. The number of nitrogens with one attached hydrogen (secondary N) is 1. The quantitative estimate of drug-likeness (QED) is 0.566. The van der Waals surface area contributed by atoms with Crippen LogP contribution in [0, 0.1) is 0 Å². The molecule has 1 unspecified atom stereocenters. The summed E-state index contributed by atoms with van der Waals surface area (Å²) in [5.74, 6) is 0. The van der Waals surface area contributed by atoms with E-state index in [2.05, 4.69) is 12.2 Å². The first-order valence-electron chi connectivity index (χ1n) is 10.1. The van der Waals surface area contributed by atoms with Crippen molar-refractivity contribution in [2.75, 3.05) is 13.1 Å². The number of fused-ring (bicyclic) bond motifs is 2. The summed E-state index contributed by atoms with van der Waals surface area (Å²) < 4.78 is 2.48. The molecule has 3 rings (SSSR count). The van der Waals surface area contributed by atoms with Gasteiger partial charge in [0.15, 0.2) is 0 Å². The van der Waals surface area contributed by atoms with Crippen LogP contribution in [0.15, 0.2) is 31.3 Å². The summed E-state index contributed by atoms with van der Waals surface area (Å²) in [5, 5.41) is 3.97. The third-order valence-electron chi connectivity index (χ3n) is 5.50. The Kier molecular flexibility index (Phi) is 5.93. The number of benzene rings is 1. The van der Waals surface area contributed by atoms with E-state index in [0.29, 0.717) is 13.0 Å².